The number of fused-ring (bicyclic) bond motifs is 1. The highest BCUT2D eigenvalue weighted by molar-refractivity contribution is 5.99. The first-order valence-corrected chi connectivity index (χ1v) is 10.9. The van der Waals surface area contributed by atoms with E-state index in [2.05, 4.69) is 4.98 Å². The summed E-state index contributed by atoms with van der Waals surface area (Å²) in [4.78, 5) is 20.8. The van der Waals surface area contributed by atoms with Crippen LogP contribution >= 0.6 is 0 Å². The van der Waals surface area contributed by atoms with E-state index < -0.39 is 12.3 Å². The molecule has 1 aromatic heterocycles. The van der Waals surface area contributed by atoms with Crippen molar-refractivity contribution in [2.75, 3.05) is 25.1 Å². The van der Waals surface area contributed by atoms with Crippen LogP contribution in [0.1, 0.15) is 35.0 Å². The third kappa shape index (κ3) is 4.42. The summed E-state index contributed by atoms with van der Waals surface area (Å²) in [7, 11) is 1.64. The van der Waals surface area contributed by atoms with Crippen molar-refractivity contribution in [3.8, 4) is 11.8 Å². The van der Waals surface area contributed by atoms with Gasteiger partial charge in [-0.1, -0.05) is 37.3 Å². The number of amides is 1. The minimum atomic E-state index is -1.22. The molecule has 8 nitrogen and oxygen atoms in total. The van der Waals surface area contributed by atoms with Gasteiger partial charge in [-0.15, -0.1) is 0 Å². The van der Waals surface area contributed by atoms with E-state index in [1.54, 1.807) is 23.7 Å². The number of hydrogen-bond donors (Lipinski definition) is 2. The molecule has 0 aliphatic carbocycles. The number of para-hydroxylation sites is 1. The lowest BCUT2D eigenvalue weighted by Gasteiger charge is -2.38. The van der Waals surface area contributed by atoms with Crippen LogP contribution in [0.4, 0.5) is 10.2 Å². The Morgan fingerprint density at radius 2 is 1.88 bits per heavy atom. The molecule has 1 unspecified atom stereocenters. The van der Waals surface area contributed by atoms with Gasteiger partial charge in [0, 0.05) is 20.2 Å². The van der Waals surface area contributed by atoms with Crippen LogP contribution < -0.4 is 9.64 Å². The van der Waals surface area contributed by atoms with Crippen LogP contribution in [-0.2, 0) is 13.0 Å². The summed E-state index contributed by atoms with van der Waals surface area (Å²) in [6.45, 7) is 2.31. The van der Waals surface area contributed by atoms with E-state index in [-0.39, 0.29) is 37.2 Å². The van der Waals surface area contributed by atoms with Gasteiger partial charge in [-0.05, 0) is 42.2 Å². The second-order valence-electron chi connectivity index (χ2n) is 7.88. The first-order valence-electron chi connectivity index (χ1n) is 10.9. The van der Waals surface area contributed by atoms with Crippen LogP contribution in [0.3, 0.4) is 0 Å². The minimum Gasteiger partial charge on any atom is -0.425 e. The fraction of sp³-hybridized carbons (Fsp3) is 0.333. The second-order valence-corrected chi connectivity index (χ2v) is 7.88. The zero-order chi connectivity index (χ0) is 23.5. The Morgan fingerprint density at radius 1 is 1.15 bits per heavy atom. The number of imidazole rings is 1. The van der Waals surface area contributed by atoms with Gasteiger partial charge in [-0.25, -0.2) is 4.39 Å². The molecule has 0 saturated heterocycles. The Morgan fingerprint density at radius 3 is 2.58 bits per heavy atom. The molecular weight excluding hydrogens is 427 g/mol. The van der Waals surface area contributed by atoms with E-state index in [1.165, 1.54) is 21.9 Å². The van der Waals surface area contributed by atoms with E-state index in [4.69, 9.17) is 4.74 Å². The third-order valence-electron chi connectivity index (χ3n) is 5.70. The van der Waals surface area contributed by atoms with Crippen molar-refractivity contribution in [3.63, 3.8) is 0 Å². The van der Waals surface area contributed by atoms with Crippen LogP contribution in [0, 0.1) is 5.82 Å². The van der Waals surface area contributed by atoms with Crippen LogP contribution in [0.2, 0.25) is 0 Å². The van der Waals surface area contributed by atoms with Gasteiger partial charge in [0.15, 0.2) is 11.5 Å². The molecule has 3 aromatic rings. The summed E-state index contributed by atoms with van der Waals surface area (Å²) in [5, 5.41) is 19.9. The molecule has 33 heavy (non-hydrogen) atoms. The first kappa shape index (κ1) is 22.8. The summed E-state index contributed by atoms with van der Waals surface area (Å²) in [6, 6.07) is 13.8. The fourth-order valence-electron chi connectivity index (χ4n) is 3.89. The van der Waals surface area contributed by atoms with Gasteiger partial charge in [0.25, 0.3) is 5.91 Å². The number of rotatable bonds is 8. The maximum absolute atomic E-state index is 13.5. The van der Waals surface area contributed by atoms with E-state index in [0.717, 1.165) is 17.5 Å². The van der Waals surface area contributed by atoms with Crippen molar-refractivity contribution < 1.29 is 24.1 Å². The highest BCUT2D eigenvalue weighted by atomic mass is 19.1. The number of aliphatic hydroxyl groups excluding tert-OH is 2. The van der Waals surface area contributed by atoms with Gasteiger partial charge in [0.05, 0.1) is 6.54 Å². The highest BCUT2D eigenvalue weighted by Gasteiger charge is 2.40. The zero-order valence-corrected chi connectivity index (χ0v) is 18.6. The van der Waals surface area contributed by atoms with Crippen LogP contribution in [0.25, 0.3) is 0 Å². The number of aromatic nitrogens is 2. The summed E-state index contributed by atoms with van der Waals surface area (Å²) < 4.78 is 21.3. The van der Waals surface area contributed by atoms with Gasteiger partial charge in [-0.2, -0.15) is 4.98 Å². The molecule has 174 valence electrons. The Hall–Kier alpha value is -3.43. The van der Waals surface area contributed by atoms with E-state index in [9.17, 15) is 19.4 Å². The molecule has 1 aliphatic heterocycles. The molecule has 0 fully saturated rings. The van der Waals surface area contributed by atoms with Gasteiger partial charge in [0.1, 0.15) is 11.6 Å². The lowest BCUT2D eigenvalue weighted by Crippen LogP contribution is -2.54. The Balaban J connectivity index is 1.81. The number of aliphatic hydroxyl groups is 2. The largest absolute Gasteiger partial charge is 0.425 e. The summed E-state index contributed by atoms with van der Waals surface area (Å²) in [5.74, 6) is 0.139. The maximum atomic E-state index is 13.5. The monoisotopic (exact) mass is 454 g/mol. The van der Waals surface area contributed by atoms with Crippen LogP contribution in [0.5, 0.6) is 11.8 Å². The Kier molecular flexibility index (Phi) is 6.62. The molecular formula is C24H27FN4O4. The predicted molar refractivity (Wildman–Crippen MR) is 121 cm³/mol. The van der Waals surface area contributed by atoms with Gasteiger partial charge >= 0.3 is 6.01 Å². The number of carbonyl (C=O) groups excluding carboxylic acids is 1. The quantitative estimate of drug-likeness (QED) is 0.544. The summed E-state index contributed by atoms with van der Waals surface area (Å²) in [5.41, 5.74) is 2.00. The maximum Gasteiger partial charge on any atom is 0.304 e. The first-order chi connectivity index (χ1) is 15.9. The number of ether oxygens (including phenoxy) is 1. The van der Waals surface area contributed by atoms with Gasteiger partial charge < -0.3 is 19.8 Å². The smallest absolute Gasteiger partial charge is 0.304 e. The molecule has 1 atom stereocenters. The average molecular weight is 455 g/mol. The second kappa shape index (κ2) is 9.60. The van der Waals surface area contributed by atoms with E-state index in [0.29, 0.717) is 18.0 Å². The predicted octanol–water partition coefficient (Wildman–Crippen LogP) is 2.98. The molecule has 2 aromatic carbocycles. The molecule has 2 N–H and O–H groups in total. The molecule has 0 bridgehead atoms. The minimum absolute atomic E-state index is 0.107. The number of nitrogens with zero attached hydrogens (tertiary/aromatic N) is 4. The molecule has 1 aliphatic rings. The zero-order valence-electron chi connectivity index (χ0n) is 18.6. The molecule has 0 spiro atoms. The molecule has 1 amide bonds. The van der Waals surface area contributed by atoms with Gasteiger partial charge in [-0.3, -0.25) is 14.3 Å². The number of aryl methyl sites for hydroxylation is 1. The number of halogens is 1. The van der Waals surface area contributed by atoms with E-state index >= 15 is 0 Å². The van der Waals surface area contributed by atoms with Crippen molar-refractivity contribution in [2.24, 2.45) is 0 Å². The Bertz CT molecular complexity index is 1130. The van der Waals surface area contributed by atoms with Crippen LogP contribution in [-0.4, -0.2) is 57.1 Å². The van der Waals surface area contributed by atoms with Crippen molar-refractivity contribution in [1.29, 1.82) is 0 Å². The SMILES string of the molecule is CCc1ccccc1Oc1nc2c(n1Cc1ccc(F)cc1)C(=O)N(CCCO)C(O)N2C. The fourth-order valence-corrected chi connectivity index (χ4v) is 3.89. The number of anilines is 1. The average Bonchev–Trinajstić information content (AvgIpc) is 3.17. The lowest BCUT2D eigenvalue weighted by atomic mass is 10.1. The molecule has 4 rings (SSSR count). The molecule has 0 radical (unpaired) electrons. The third-order valence-corrected chi connectivity index (χ3v) is 5.70. The summed E-state index contributed by atoms with van der Waals surface area (Å²) in [6.07, 6.45) is -0.145. The van der Waals surface area contributed by atoms with Crippen molar-refractivity contribution in [1.82, 2.24) is 14.5 Å². The standard InChI is InChI=1S/C24H27FN4O4/c1-3-17-7-4-5-8-19(17)33-23-26-21-20(29(23)15-16-9-11-18(25)12-10-16)22(31)28(13-6-14-30)24(32)27(21)2/h4-5,7-12,24,30,32H,3,6,13-15H2,1-2H3. The number of carbonyl (C=O) groups is 1. The number of hydrogen-bond acceptors (Lipinski definition) is 6. The number of benzene rings is 2. The van der Waals surface area contributed by atoms with Crippen molar-refractivity contribution >= 4 is 11.7 Å². The Labute approximate surface area is 191 Å². The van der Waals surface area contributed by atoms with Crippen LogP contribution in [0.15, 0.2) is 48.5 Å². The van der Waals surface area contributed by atoms with E-state index in [1.807, 2.05) is 31.2 Å². The van der Waals surface area contributed by atoms with Crippen molar-refractivity contribution in [2.45, 2.75) is 32.7 Å². The lowest BCUT2D eigenvalue weighted by molar-refractivity contribution is 0.00112. The normalized spacial score (nSPS) is 15.7. The van der Waals surface area contributed by atoms with Gasteiger partial charge in [0.2, 0.25) is 6.35 Å². The van der Waals surface area contributed by atoms with Crippen molar-refractivity contribution in [3.05, 3.63) is 71.2 Å². The molecule has 0 saturated carbocycles. The molecule has 2 heterocycles. The molecule has 9 heteroatoms. The topological polar surface area (TPSA) is 91.1 Å². The highest BCUT2D eigenvalue weighted by Crippen LogP contribution is 2.35. The summed E-state index contributed by atoms with van der Waals surface area (Å²) >= 11 is 0.